The van der Waals surface area contributed by atoms with Crippen molar-refractivity contribution in [3.05, 3.63) is 53.9 Å². The third-order valence-electron chi connectivity index (χ3n) is 4.31. The molecule has 1 aromatic heterocycles. The average Bonchev–Trinajstić information content (AvgIpc) is 2.67. The van der Waals surface area contributed by atoms with E-state index < -0.39 is 18.7 Å². The molecule has 1 saturated heterocycles. The molecule has 1 aliphatic heterocycles. The molecule has 5 nitrogen and oxygen atoms in total. The zero-order valence-corrected chi connectivity index (χ0v) is 15.8. The van der Waals surface area contributed by atoms with E-state index in [9.17, 15) is 18.0 Å². The van der Waals surface area contributed by atoms with Gasteiger partial charge in [-0.15, -0.1) is 12.4 Å². The normalized spacial score (nSPS) is 16.8. The molecule has 28 heavy (non-hydrogen) atoms. The van der Waals surface area contributed by atoms with Gasteiger partial charge in [0.05, 0.1) is 6.20 Å². The summed E-state index contributed by atoms with van der Waals surface area (Å²) in [5, 5.41) is 6.10. The molecule has 1 aliphatic rings. The first-order valence-corrected chi connectivity index (χ1v) is 8.68. The number of benzene rings is 1. The fraction of sp³-hybridized carbons (Fsp3) is 0.368. The summed E-state index contributed by atoms with van der Waals surface area (Å²) in [6, 6.07) is 10.3. The van der Waals surface area contributed by atoms with Crippen LogP contribution in [-0.2, 0) is 0 Å². The van der Waals surface area contributed by atoms with Gasteiger partial charge in [0.25, 0.3) is 5.91 Å². The second-order valence-electron chi connectivity index (χ2n) is 6.40. The van der Waals surface area contributed by atoms with Gasteiger partial charge in [-0.1, -0.05) is 12.1 Å². The number of anilines is 1. The third-order valence-corrected chi connectivity index (χ3v) is 4.31. The minimum Gasteiger partial charge on any atom is -0.483 e. The fourth-order valence-corrected chi connectivity index (χ4v) is 2.94. The Kier molecular flexibility index (Phi) is 7.65. The highest BCUT2D eigenvalue weighted by molar-refractivity contribution is 6.02. The van der Waals surface area contributed by atoms with E-state index in [-0.39, 0.29) is 23.9 Å². The summed E-state index contributed by atoms with van der Waals surface area (Å²) in [5.74, 6) is -0.00631. The van der Waals surface area contributed by atoms with Crippen molar-refractivity contribution < 1.29 is 22.7 Å². The highest BCUT2D eigenvalue weighted by Gasteiger charge is 2.28. The molecule has 1 aromatic carbocycles. The monoisotopic (exact) mass is 415 g/mol. The van der Waals surface area contributed by atoms with Gasteiger partial charge >= 0.3 is 6.18 Å². The minimum absolute atomic E-state index is 0. The lowest BCUT2D eigenvalue weighted by molar-refractivity contribution is -0.153. The van der Waals surface area contributed by atoms with E-state index in [0.717, 1.165) is 32.1 Å². The number of alkyl halides is 3. The molecule has 1 fully saturated rings. The van der Waals surface area contributed by atoms with E-state index in [4.69, 9.17) is 0 Å². The van der Waals surface area contributed by atoms with Crippen molar-refractivity contribution in [2.24, 2.45) is 0 Å². The Balaban J connectivity index is 0.00000280. The molecule has 1 atom stereocenters. The molecule has 2 heterocycles. The predicted molar refractivity (Wildman–Crippen MR) is 102 cm³/mol. The number of piperidine rings is 1. The highest BCUT2D eigenvalue weighted by Crippen LogP contribution is 2.24. The summed E-state index contributed by atoms with van der Waals surface area (Å²) in [4.78, 5) is 16.1. The topological polar surface area (TPSA) is 63.2 Å². The number of hydrogen-bond acceptors (Lipinski definition) is 4. The molecular weight excluding hydrogens is 395 g/mol. The summed E-state index contributed by atoms with van der Waals surface area (Å²) in [5.41, 5.74) is 1.95. The van der Waals surface area contributed by atoms with E-state index in [2.05, 4.69) is 20.4 Å². The summed E-state index contributed by atoms with van der Waals surface area (Å²) < 4.78 is 40.9. The quantitative estimate of drug-likeness (QED) is 0.769. The Bertz CT molecular complexity index is 761. The van der Waals surface area contributed by atoms with Crippen LogP contribution < -0.4 is 15.4 Å². The zero-order chi connectivity index (χ0) is 19.3. The van der Waals surface area contributed by atoms with Crippen LogP contribution in [0.5, 0.6) is 5.75 Å². The molecule has 9 heteroatoms. The first kappa shape index (κ1) is 22.0. The maximum Gasteiger partial charge on any atom is 0.422 e. The number of pyridine rings is 1. The van der Waals surface area contributed by atoms with Gasteiger partial charge < -0.3 is 15.4 Å². The lowest BCUT2D eigenvalue weighted by atomic mass is 9.92. The standard InChI is InChI=1S/C19H20F3N3O2.ClH/c20-19(21,22)12-27-16-7-8-17(24-11-16)18(26)25-15-5-3-13(4-6-15)14-2-1-9-23-10-14;/h3-8,11,14,23H,1-2,9-10,12H2,(H,25,26);1H. The second kappa shape index (κ2) is 9.75. The van der Waals surface area contributed by atoms with Crippen molar-refractivity contribution in [1.82, 2.24) is 10.3 Å². The average molecular weight is 416 g/mol. The van der Waals surface area contributed by atoms with E-state index >= 15 is 0 Å². The maximum atomic E-state index is 12.2. The summed E-state index contributed by atoms with van der Waals surface area (Å²) in [7, 11) is 0. The molecule has 0 saturated carbocycles. The Labute approximate surface area is 167 Å². The summed E-state index contributed by atoms with van der Waals surface area (Å²) >= 11 is 0. The van der Waals surface area contributed by atoms with Crippen LogP contribution in [-0.4, -0.2) is 36.8 Å². The van der Waals surface area contributed by atoms with Gasteiger partial charge in [-0.3, -0.25) is 4.79 Å². The van der Waals surface area contributed by atoms with E-state index in [0.29, 0.717) is 11.6 Å². The van der Waals surface area contributed by atoms with E-state index in [1.54, 1.807) is 0 Å². The molecule has 0 radical (unpaired) electrons. The first-order valence-electron chi connectivity index (χ1n) is 8.68. The Morgan fingerprint density at radius 1 is 1.21 bits per heavy atom. The largest absolute Gasteiger partial charge is 0.483 e. The van der Waals surface area contributed by atoms with Crippen molar-refractivity contribution in [3.8, 4) is 5.75 Å². The van der Waals surface area contributed by atoms with Crippen molar-refractivity contribution in [1.29, 1.82) is 0 Å². The number of halogens is 4. The molecule has 1 unspecified atom stereocenters. The van der Waals surface area contributed by atoms with Gasteiger partial charge in [0.15, 0.2) is 6.61 Å². The number of nitrogens with zero attached hydrogens (tertiary/aromatic N) is 1. The van der Waals surface area contributed by atoms with Crippen LogP contribution in [0.1, 0.15) is 34.8 Å². The molecule has 2 N–H and O–H groups in total. The zero-order valence-electron chi connectivity index (χ0n) is 15.0. The predicted octanol–water partition coefficient (Wildman–Crippen LogP) is 4.16. The van der Waals surface area contributed by atoms with E-state index in [1.807, 2.05) is 24.3 Å². The number of aromatic nitrogens is 1. The summed E-state index contributed by atoms with van der Waals surface area (Å²) in [6.07, 6.45) is -1.03. The van der Waals surface area contributed by atoms with E-state index in [1.165, 1.54) is 17.7 Å². The van der Waals surface area contributed by atoms with Crippen LogP contribution in [0.3, 0.4) is 0 Å². The number of amides is 1. The number of carbonyl (C=O) groups excluding carboxylic acids is 1. The Morgan fingerprint density at radius 3 is 2.54 bits per heavy atom. The van der Waals surface area contributed by atoms with Crippen molar-refractivity contribution in [3.63, 3.8) is 0 Å². The number of rotatable bonds is 5. The van der Waals surface area contributed by atoms with Crippen LogP contribution in [0, 0.1) is 0 Å². The Morgan fingerprint density at radius 2 is 1.96 bits per heavy atom. The molecule has 0 bridgehead atoms. The first-order chi connectivity index (χ1) is 12.9. The van der Waals surface area contributed by atoms with Crippen LogP contribution in [0.2, 0.25) is 0 Å². The number of nitrogens with one attached hydrogen (secondary N) is 2. The fourth-order valence-electron chi connectivity index (χ4n) is 2.94. The van der Waals surface area contributed by atoms with Gasteiger partial charge in [-0.05, 0) is 55.1 Å². The Hall–Kier alpha value is -2.32. The van der Waals surface area contributed by atoms with Crippen LogP contribution in [0.4, 0.5) is 18.9 Å². The van der Waals surface area contributed by atoms with Crippen LogP contribution in [0.15, 0.2) is 42.6 Å². The van der Waals surface area contributed by atoms with Crippen molar-refractivity contribution in [2.45, 2.75) is 24.9 Å². The maximum absolute atomic E-state index is 12.2. The number of hydrogen-bond donors (Lipinski definition) is 2. The van der Waals surface area contributed by atoms with Gasteiger partial charge in [0.1, 0.15) is 11.4 Å². The van der Waals surface area contributed by atoms with Gasteiger partial charge in [0.2, 0.25) is 0 Å². The molecule has 0 aliphatic carbocycles. The smallest absolute Gasteiger partial charge is 0.422 e. The van der Waals surface area contributed by atoms with Crippen LogP contribution >= 0.6 is 12.4 Å². The molecule has 3 rings (SSSR count). The second-order valence-corrected chi connectivity index (χ2v) is 6.40. The highest BCUT2D eigenvalue weighted by atomic mass is 35.5. The molecule has 2 aromatic rings. The number of carbonyl (C=O) groups is 1. The number of ether oxygens (including phenoxy) is 1. The van der Waals surface area contributed by atoms with Gasteiger partial charge in [-0.25, -0.2) is 4.98 Å². The SMILES string of the molecule is Cl.O=C(Nc1ccc(C2CCCNC2)cc1)c1ccc(OCC(F)(F)F)cn1. The lowest BCUT2D eigenvalue weighted by Gasteiger charge is -2.23. The van der Waals surface area contributed by atoms with Crippen LogP contribution in [0.25, 0.3) is 0 Å². The molecule has 0 spiro atoms. The van der Waals surface area contributed by atoms with Gasteiger partial charge in [-0.2, -0.15) is 13.2 Å². The van der Waals surface area contributed by atoms with Crippen molar-refractivity contribution in [2.75, 3.05) is 25.0 Å². The van der Waals surface area contributed by atoms with Gasteiger partial charge in [0, 0.05) is 12.2 Å². The third kappa shape index (κ3) is 6.38. The molecule has 152 valence electrons. The summed E-state index contributed by atoms with van der Waals surface area (Å²) in [6.45, 7) is 0.610. The van der Waals surface area contributed by atoms with Crippen molar-refractivity contribution >= 4 is 24.0 Å². The molecule has 1 amide bonds. The minimum atomic E-state index is -4.42. The molecular formula is C19H21ClF3N3O2. The lowest BCUT2D eigenvalue weighted by Crippen LogP contribution is -2.28.